The zero-order valence-corrected chi connectivity index (χ0v) is 14.5. The number of nitrogens with zero attached hydrogens (tertiary/aromatic N) is 2. The van der Waals surface area contributed by atoms with Gasteiger partial charge < -0.3 is 14.2 Å². The van der Waals surface area contributed by atoms with E-state index in [9.17, 15) is 4.79 Å². The van der Waals surface area contributed by atoms with Crippen LogP contribution in [0.15, 0.2) is 28.8 Å². The Bertz CT molecular complexity index is 705. The normalized spacial score (nSPS) is 23.8. The van der Waals surface area contributed by atoms with Gasteiger partial charge in [-0.15, -0.1) is 0 Å². The van der Waals surface area contributed by atoms with Gasteiger partial charge in [-0.3, -0.25) is 4.79 Å². The van der Waals surface area contributed by atoms with Crippen LogP contribution in [-0.4, -0.2) is 52.8 Å². The van der Waals surface area contributed by atoms with Crippen LogP contribution < -0.4 is 0 Å². The van der Waals surface area contributed by atoms with Crippen molar-refractivity contribution in [3.63, 3.8) is 0 Å². The summed E-state index contributed by atoms with van der Waals surface area (Å²) in [5, 5.41) is 5.05. The molecule has 0 bridgehead atoms. The number of para-hydroxylation sites is 1. The smallest absolute Gasteiger partial charge is 0.229 e. The molecular formula is C18H22N2O3S. The largest absolute Gasteiger partial charge is 0.376 e. The number of hydrogen-bond donors (Lipinski definition) is 0. The molecule has 3 heterocycles. The molecule has 2 atom stereocenters. The number of aromatic nitrogens is 1. The molecule has 128 valence electrons. The van der Waals surface area contributed by atoms with Crippen molar-refractivity contribution in [3.05, 3.63) is 30.0 Å². The SMILES string of the molecule is O=C(Cc1noc2ccccc12)N(C[C@H]1CCCO1)[C@H]1CCSC1. The fourth-order valence-electron chi connectivity index (χ4n) is 3.54. The summed E-state index contributed by atoms with van der Waals surface area (Å²) in [6.07, 6.45) is 3.71. The van der Waals surface area contributed by atoms with E-state index in [1.807, 2.05) is 40.9 Å². The Morgan fingerprint density at radius 3 is 3.04 bits per heavy atom. The Kier molecular flexibility index (Phi) is 4.76. The van der Waals surface area contributed by atoms with Gasteiger partial charge in [-0.2, -0.15) is 11.8 Å². The first kappa shape index (κ1) is 16.0. The zero-order valence-electron chi connectivity index (χ0n) is 13.6. The molecule has 0 saturated carbocycles. The van der Waals surface area contributed by atoms with Gasteiger partial charge in [0.25, 0.3) is 0 Å². The maximum atomic E-state index is 13.0. The maximum absolute atomic E-state index is 13.0. The van der Waals surface area contributed by atoms with E-state index < -0.39 is 0 Å². The Hall–Kier alpha value is -1.53. The first-order chi connectivity index (χ1) is 11.8. The van der Waals surface area contributed by atoms with Crippen LogP contribution in [0.2, 0.25) is 0 Å². The van der Waals surface area contributed by atoms with Gasteiger partial charge in [0, 0.05) is 30.3 Å². The standard InChI is InChI=1S/C18H22N2O3S/c21-18(10-16-15-5-1-2-6-17(15)23-19-16)20(13-7-9-24-12-13)11-14-4-3-8-22-14/h1-2,5-6,13-14H,3-4,7-12H2/t13-,14+/m0/s1. The molecule has 0 radical (unpaired) electrons. The molecule has 24 heavy (non-hydrogen) atoms. The Morgan fingerprint density at radius 1 is 1.33 bits per heavy atom. The molecule has 4 rings (SSSR count). The second-order valence-corrected chi connectivity index (χ2v) is 7.65. The number of ether oxygens (including phenoxy) is 1. The molecular weight excluding hydrogens is 324 g/mol. The highest BCUT2D eigenvalue weighted by atomic mass is 32.2. The summed E-state index contributed by atoms with van der Waals surface area (Å²) in [6, 6.07) is 8.03. The molecule has 1 aromatic heterocycles. The molecule has 0 unspecified atom stereocenters. The number of benzene rings is 1. The molecule has 2 aliphatic heterocycles. The van der Waals surface area contributed by atoms with Gasteiger partial charge in [0.2, 0.25) is 5.91 Å². The quantitative estimate of drug-likeness (QED) is 0.833. The summed E-state index contributed by atoms with van der Waals surface area (Å²) in [6.45, 7) is 1.53. The van der Waals surface area contributed by atoms with E-state index in [-0.39, 0.29) is 12.0 Å². The minimum atomic E-state index is 0.136. The number of rotatable bonds is 5. The Labute approximate surface area is 145 Å². The third-order valence-electron chi connectivity index (χ3n) is 4.86. The van der Waals surface area contributed by atoms with E-state index in [0.717, 1.165) is 54.0 Å². The number of carbonyl (C=O) groups excluding carboxylic acids is 1. The van der Waals surface area contributed by atoms with E-state index in [1.54, 1.807) is 0 Å². The number of amides is 1. The second kappa shape index (κ2) is 7.15. The van der Waals surface area contributed by atoms with Crippen molar-refractivity contribution >= 4 is 28.6 Å². The van der Waals surface area contributed by atoms with Gasteiger partial charge in [-0.1, -0.05) is 17.3 Å². The predicted molar refractivity (Wildman–Crippen MR) is 94.1 cm³/mol. The lowest BCUT2D eigenvalue weighted by Gasteiger charge is -2.30. The summed E-state index contributed by atoms with van der Waals surface area (Å²) in [4.78, 5) is 15.0. The zero-order chi connectivity index (χ0) is 16.4. The van der Waals surface area contributed by atoms with Crippen molar-refractivity contribution in [2.75, 3.05) is 24.7 Å². The molecule has 5 nitrogen and oxygen atoms in total. The first-order valence-corrected chi connectivity index (χ1v) is 9.79. The van der Waals surface area contributed by atoms with E-state index in [2.05, 4.69) is 5.16 Å². The van der Waals surface area contributed by atoms with Crippen molar-refractivity contribution in [2.24, 2.45) is 0 Å². The number of thioether (sulfide) groups is 1. The fourth-order valence-corrected chi connectivity index (χ4v) is 4.76. The maximum Gasteiger partial charge on any atom is 0.229 e. The van der Waals surface area contributed by atoms with E-state index >= 15 is 0 Å². The lowest BCUT2D eigenvalue weighted by atomic mass is 10.1. The molecule has 2 fully saturated rings. The highest BCUT2D eigenvalue weighted by molar-refractivity contribution is 7.99. The molecule has 0 spiro atoms. The minimum absolute atomic E-state index is 0.136. The molecule has 1 amide bonds. The predicted octanol–water partition coefficient (Wildman–Crippen LogP) is 2.88. The number of carbonyl (C=O) groups is 1. The van der Waals surface area contributed by atoms with Crippen molar-refractivity contribution in [1.82, 2.24) is 10.1 Å². The Balaban J connectivity index is 1.51. The van der Waals surface area contributed by atoms with Crippen LogP contribution in [-0.2, 0) is 16.0 Å². The third-order valence-corrected chi connectivity index (χ3v) is 6.01. The van der Waals surface area contributed by atoms with Crippen LogP contribution in [0.4, 0.5) is 0 Å². The molecule has 1 aromatic carbocycles. The molecule has 0 aliphatic carbocycles. The monoisotopic (exact) mass is 346 g/mol. The van der Waals surface area contributed by atoms with E-state index in [4.69, 9.17) is 9.26 Å². The van der Waals surface area contributed by atoms with Crippen molar-refractivity contribution in [3.8, 4) is 0 Å². The molecule has 0 N–H and O–H groups in total. The summed E-state index contributed by atoms with van der Waals surface area (Å²) >= 11 is 1.93. The number of fused-ring (bicyclic) bond motifs is 1. The van der Waals surface area contributed by atoms with E-state index in [1.165, 1.54) is 0 Å². The van der Waals surface area contributed by atoms with Crippen LogP contribution >= 0.6 is 11.8 Å². The van der Waals surface area contributed by atoms with Crippen LogP contribution in [0.25, 0.3) is 11.0 Å². The van der Waals surface area contributed by atoms with Gasteiger partial charge >= 0.3 is 0 Å². The van der Waals surface area contributed by atoms with Crippen molar-refractivity contribution < 1.29 is 14.1 Å². The van der Waals surface area contributed by atoms with Gasteiger partial charge in [0.05, 0.1) is 12.5 Å². The highest BCUT2D eigenvalue weighted by Crippen LogP contribution is 2.26. The molecule has 2 saturated heterocycles. The average molecular weight is 346 g/mol. The van der Waals surface area contributed by atoms with Crippen LogP contribution in [0.1, 0.15) is 25.0 Å². The molecule has 2 aromatic rings. The summed E-state index contributed by atoms with van der Waals surface area (Å²) in [7, 11) is 0. The first-order valence-electron chi connectivity index (χ1n) is 8.63. The molecule has 6 heteroatoms. The van der Waals surface area contributed by atoms with Gasteiger partial charge in [0.1, 0.15) is 5.69 Å². The number of hydrogen-bond acceptors (Lipinski definition) is 5. The van der Waals surface area contributed by atoms with Crippen molar-refractivity contribution in [1.29, 1.82) is 0 Å². The molecule has 2 aliphatic rings. The van der Waals surface area contributed by atoms with Crippen LogP contribution in [0.3, 0.4) is 0 Å². The summed E-state index contributed by atoms with van der Waals surface area (Å²) in [5.74, 6) is 2.29. The van der Waals surface area contributed by atoms with Crippen LogP contribution in [0.5, 0.6) is 0 Å². The lowest BCUT2D eigenvalue weighted by molar-refractivity contribution is -0.134. The van der Waals surface area contributed by atoms with Crippen LogP contribution in [0, 0.1) is 0 Å². The van der Waals surface area contributed by atoms with Gasteiger partial charge in [-0.25, -0.2) is 0 Å². The van der Waals surface area contributed by atoms with E-state index in [0.29, 0.717) is 19.0 Å². The minimum Gasteiger partial charge on any atom is -0.376 e. The van der Waals surface area contributed by atoms with Gasteiger partial charge in [0.15, 0.2) is 5.58 Å². The van der Waals surface area contributed by atoms with Gasteiger partial charge in [-0.05, 0) is 37.1 Å². The summed E-state index contributed by atoms with van der Waals surface area (Å²) in [5.41, 5.74) is 1.47. The fraction of sp³-hybridized carbons (Fsp3) is 0.556. The summed E-state index contributed by atoms with van der Waals surface area (Å²) < 4.78 is 11.1. The highest BCUT2D eigenvalue weighted by Gasteiger charge is 2.31. The average Bonchev–Trinajstić information content (AvgIpc) is 3.35. The topological polar surface area (TPSA) is 55.6 Å². The lowest BCUT2D eigenvalue weighted by Crippen LogP contribution is -2.45. The van der Waals surface area contributed by atoms with Crippen molar-refractivity contribution in [2.45, 2.75) is 37.8 Å². The Morgan fingerprint density at radius 2 is 2.25 bits per heavy atom. The second-order valence-electron chi connectivity index (χ2n) is 6.50. The third kappa shape index (κ3) is 3.30.